The molecule has 3 rings (SSSR count). The van der Waals surface area contributed by atoms with Crippen molar-refractivity contribution < 1.29 is 4.79 Å². The van der Waals surface area contributed by atoms with E-state index in [1.165, 1.54) is 6.33 Å². The summed E-state index contributed by atoms with van der Waals surface area (Å²) in [5.74, 6) is -0.0440. The van der Waals surface area contributed by atoms with Crippen molar-refractivity contribution in [3.8, 4) is 5.69 Å². The molecule has 0 spiro atoms. The minimum Gasteiger partial charge on any atom is -0.348 e. The predicted molar refractivity (Wildman–Crippen MR) is 93.8 cm³/mol. The van der Waals surface area contributed by atoms with Crippen LogP contribution in [0.3, 0.4) is 0 Å². The number of piperidine rings is 1. The highest BCUT2D eigenvalue weighted by atomic mass is 35.5. The molecule has 23 heavy (non-hydrogen) atoms. The van der Waals surface area contributed by atoms with E-state index in [0.717, 1.165) is 25.1 Å². The summed E-state index contributed by atoms with van der Waals surface area (Å²) < 4.78 is 1.64. The lowest BCUT2D eigenvalue weighted by Crippen LogP contribution is -2.51. The molecular formula is C15H21Cl2N5O. The molecule has 2 atom stereocenters. The molecule has 0 saturated carbocycles. The lowest BCUT2D eigenvalue weighted by Gasteiger charge is -2.30. The molecule has 1 aliphatic rings. The molecule has 2 N–H and O–H groups in total. The first-order valence-corrected chi connectivity index (χ1v) is 7.23. The van der Waals surface area contributed by atoms with Gasteiger partial charge in [0.05, 0.1) is 5.69 Å². The fourth-order valence-electron chi connectivity index (χ4n) is 2.62. The van der Waals surface area contributed by atoms with Crippen LogP contribution in [-0.2, 0) is 0 Å². The van der Waals surface area contributed by atoms with E-state index in [0.29, 0.717) is 11.6 Å². The molecule has 126 valence electrons. The maximum Gasteiger partial charge on any atom is 0.251 e. The fraction of sp³-hybridized carbons (Fsp3) is 0.400. The van der Waals surface area contributed by atoms with Gasteiger partial charge in [-0.25, -0.2) is 9.67 Å². The monoisotopic (exact) mass is 357 g/mol. The van der Waals surface area contributed by atoms with Crippen molar-refractivity contribution in [1.82, 2.24) is 25.4 Å². The highest BCUT2D eigenvalue weighted by Gasteiger charge is 2.22. The maximum atomic E-state index is 12.4. The van der Waals surface area contributed by atoms with E-state index in [9.17, 15) is 4.79 Å². The van der Waals surface area contributed by atoms with Gasteiger partial charge in [0.25, 0.3) is 5.91 Å². The van der Waals surface area contributed by atoms with Crippen molar-refractivity contribution in [3.63, 3.8) is 0 Å². The SMILES string of the molecule is CC1NCCCC1NC(=O)c1cccc(-n2cncn2)c1.Cl.Cl. The van der Waals surface area contributed by atoms with E-state index in [1.54, 1.807) is 11.0 Å². The highest BCUT2D eigenvalue weighted by molar-refractivity contribution is 5.95. The molecule has 8 heteroatoms. The molecule has 0 bridgehead atoms. The van der Waals surface area contributed by atoms with Gasteiger partial charge in [0.1, 0.15) is 12.7 Å². The third-order valence-electron chi connectivity index (χ3n) is 3.87. The Morgan fingerprint density at radius 3 is 2.91 bits per heavy atom. The van der Waals surface area contributed by atoms with Crippen LogP contribution in [0, 0.1) is 0 Å². The second-order valence-electron chi connectivity index (χ2n) is 5.36. The van der Waals surface area contributed by atoms with Crippen LogP contribution in [-0.4, -0.2) is 39.3 Å². The van der Waals surface area contributed by atoms with E-state index in [1.807, 2.05) is 24.3 Å². The largest absolute Gasteiger partial charge is 0.348 e. The van der Waals surface area contributed by atoms with Crippen LogP contribution in [0.2, 0.25) is 0 Å². The number of halogens is 2. The molecular weight excluding hydrogens is 337 g/mol. The highest BCUT2D eigenvalue weighted by Crippen LogP contribution is 2.12. The van der Waals surface area contributed by atoms with Crippen LogP contribution in [0.5, 0.6) is 0 Å². The minimum absolute atomic E-state index is 0. The maximum absolute atomic E-state index is 12.4. The number of nitrogens with zero attached hydrogens (tertiary/aromatic N) is 3. The summed E-state index contributed by atoms with van der Waals surface area (Å²) in [7, 11) is 0. The first kappa shape index (κ1) is 19.4. The third-order valence-corrected chi connectivity index (χ3v) is 3.87. The number of carbonyl (C=O) groups excluding carboxylic acids is 1. The van der Waals surface area contributed by atoms with Crippen LogP contribution in [0.25, 0.3) is 5.69 Å². The van der Waals surface area contributed by atoms with Gasteiger partial charge in [0.2, 0.25) is 0 Å². The standard InChI is InChI=1S/C15H19N5O.2ClH/c1-11-14(6-3-7-17-11)19-15(21)12-4-2-5-13(8-12)20-10-16-9-18-20;;/h2,4-5,8-11,14,17H,3,6-7H2,1H3,(H,19,21);2*1H. The number of rotatable bonds is 3. The molecule has 2 heterocycles. The summed E-state index contributed by atoms with van der Waals surface area (Å²) in [4.78, 5) is 16.3. The second kappa shape index (κ2) is 8.86. The molecule has 6 nitrogen and oxygen atoms in total. The van der Waals surface area contributed by atoms with Gasteiger partial charge in [0, 0.05) is 17.6 Å². The quantitative estimate of drug-likeness (QED) is 0.880. The molecule has 0 aliphatic carbocycles. The van der Waals surface area contributed by atoms with Crippen LogP contribution >= 0.6 is 24.8 Å². The number of hydrogen-bond acceptors (Lipinski definition) is 4. The number of nitrogens with one attached hydrogen (secondary N) is 2. The van der Waals surface area contributed by atoms with E-state index >= 15 is 0 Å². The Labute approximate surface area is 147 Å². The van der Waals surface area contributed by atoms with Gasteiger partial charge in [-0.05, 0) is 44.5 Å². The van der Waals surface area contributed by atoms with Gasteiger partial charge in [0.15, 0.2) is 0 Å². The topological polar surface area (TPSA) is 71.8 Å². The van der Waals surface area contributed by atoms with Crippen molar-refractivity contribution >= 4 is 30.7 Å². The van der Waals surface area contributed by atoms with Crippen LogP contribution in [0.1, 0.15) is 30.1 Å². The summed E-state index contributed by atoms with van der Waals surface area (Å²) in [6.07, 6.45) is 5.20. The van der Waals surface area contributed by atoms with Crippen molar-refractivity contribution in [3.05, 3.63) is 42.5 Å². The van der Waals surface area contributed by atoms with E-state index in [-0.39, 0.29) is 36.8 Å². The van der Waals surface area contributed by atoms with E-state index < -0.39 is 0 Å². The van der Waals surface area contributed by atoms with Crippen molar-refractivity contribution in [2.75, 3.05) is 6.54 Å². The molecule has 1 saturated heterocycles. The normalized spacial score (nSPS) is 20.0. The zero-order chi connectivity index (χ0) is 14.7. The number of carbonyl (C=O) groups is 1. The molecule has 0 radical (unpaired) electrons. The molecule has 1 fully saturated rings. The van der Waals surface area contributed by atoms with E-state index in [4.69, 9.17) is 0 Å². The Balaban J connectivity index is 0.00000132. The Morgan fingerprint density at radius 1 is 1.39 bits per heavy atom. The van der Waals surface area contributed by atoms with Crippen molar-refractivity contribution in [2.45, 2.75) is 31.8 Å². The molecule has 1 aliphatic heterocycles. The van der Waals surface area contributed by atoms with Gasteiger partial charge < -0.3 is 10.6 Å². The molecule has 2 unspecified atom stereocenters. The fourth-order valence-corrected chi connectivity index (χ4v) is 2.62. The zero-order valence-electron chi connectivity index (χ0n) is 12.8. The lowest BCUT2D eigenvalue weighted by molar-refractivity contribution is 0.0920. The van der Waals surface area contributed by atoms with E-state index in [2.05, 4.69) is 27.6 Å². The number of amides is 1. The summed E-state index contributed by atoms with van der Waals surface area (Å²) in [5, 5.41) is 10.6. The Kier molecular flexibility index (Phi) is 7.48. The Morgan fingerprint density at radius 2 is 2.22 bits per heavy atom. The van der Waals surface area contributed by atoms with Crippen LogP contribution in [0.15, 0.2) is 36.9 Å². The molecule has 2 aromatic rings. The third kappa shape index (κ3) is 4.67. The Bertz CT molecular complexity index is 620. The summed E-state index contributed by atoms with van der Waals surface area (Å²) in [5.41, 5.74) is 1.47. The average molecular weight is 358 g/mol. The van der Waals surface area contributed by atoms with Crippen molar-refractivity contribution in [2.24, 2.45) is 0 Å². The number of benzene rings is 1. The molecule has 1 aromatic carbocycles. The number of hydrogen-bond donors (Lipinski definition) is 2. The number of aromatic nitrogens is 3. The summed E-state index contributed by atoms with van der Waals surface area (Å²) in [6.45, 7) is 3.13. The van der Waals surface area contributed by atoms with Gasteiger partial charge in [-0.3, -0.25) is 4.79 Å². The minimum atomic E-state index is -0.0440. The van der Waals surface area contributed by atoms with Gasteiger partial charge in [-0.2, -0.15) is 5.10 Å². The molecule has 1 aromatic heterocycles. The Hall–Kier alpha value is -1.63. The smallest absolute Gasteiger partial charge is 0.251 e. The predicted octanol–water partition coefficient (Wildman–Crippen LogP) is 1.98. The van der Waals surface area contributed by atoms with Crippen LogP contribution < -0.4 is 10.6 Å². The second-order valence-corrected chi connectivity index (χ2v) is 5.36. The first-order valence-electron chi connectivity index (χ1n) is 7.23. The molecule has 1 amide bonds. The average Bonchev–Trinajstić information content (AvgIpc) is 3.04. The van der Waals surface area contributed by atoms with Gasteiger partial charge >= 0.3 is 0 Å². The summed E-state index contributed by atoms with van der Waals surface area (Å²) >= 11 is 0. The van der Waals surface area contributed by atoms with Crippen molar-refractivity contribution in [1.29, 1.82) is 0 Å². The first-order chi connectivity index (χ1) is 10.2. The lowest BCUT2D eigenvalue weighted by atomic mass is 9.99. The van der Waals surface area contributed by atoms with Gasteiger partial charge in [-0.1, -0.05) is 6.07 Å². The zero-order valence-corrected chi connectivity index (χ0v) is 14.4. The van der Waals surface area contributed by atoms with Gasteiger partial charge in [-0.15, -0.1) is 24.8 Å². The van der Waals surface area contributed by atoms with Crippen LogP contribution in [0.4, 0.5) is 0 Å². The summed E-state index contributed by atoms with van der Waals surface area (Å²) in [6, 6.07) is 7.88.